The Hall–Kier alpha value is -2.95. The number of carbonyl (C=O) groups is 1. The minimum absolute atomic E-state index is 0.163. The molecule has 0 aliphatic heterocycles. The molecule has 124 valence electrons. The maximum absolute atomic E-state index is 12.5. The maximum atomic E-state index is 12.5. The summed E-state index contributed by atoms with van der Waals surface area (Å²) in [5.41, 5.74) is 2.33. The van der Waals surface area contributed by atoms with Gasteiger partial charge in [0, 0.05) is 16.5 Å². The van der Waals surface area contributed by atoms with Crippen LogP contribution in [0.3, 0.4) is 0 Å². The van der Waals surface area contributed by atoms with Crippen LogP contribution in [0, 0.1) is 0 Å². The minimum Gasteiger partial charge on any atom is -0.497 e. The lowest BCUT2D eigenvalue weighted by Crippen LogP contribution is -2.27. The van der Waals surface area contributed by atoms with Gasteiger partial charge in [-0.15, -0.1) is 0 Å². The number of aromatic amines is 1. The Bertz CT molecular complexity index is 837. The van der Waals surface area contributed by atoms with Crippen LogP contribution in [-0.2, 0) is 0 Å². The van der Waals surface area contributed by atoms with E-state index < -0.39 is 0 Å². The standard InChI is InChI=1S/C19H20N2O3/c1-12(15-11-14(23-2)8-9-18(15)24-3)20-19(22)17-10-13-6-4-5-7-16(13)21-17/h4-12,21H,1-3H3,(H,20,22)/t12-/m1/s1. The molecule has 0 unspecified atom stereocenters. The topological polar surface area (TPSA) is 63.4 Å². The van der Waals surface area contributed by atoms with Crippen LogP contribution in [0.1, 0.15) is 29.0 Å². The fourth-order valence-corrected chi connectivity index (χ4v) is 2.73. The Kier molecular flexibility index (Phi) is 4.42. The number of benzene rings is 2. The summed E-state index contributed by atoms with van der Waals surface area (Å²) >= 11 is 0. The Morgan fingerprint density at radius 1 is 1.08 bits per heavy atom. The van der Waals surface area contributed by atoms with Gasteiger partial charge in [0.25, 0.3) is 5.91 Å². The first-order chi connectivity index (χ1) is 11.6. The van der Waals surface area contributed by atoms with Crippen LogP contribution in [0.25, 0.3) is 10.9 Å². The summed E-state index contributed by atoms with van der Waals surface area (Å²) in [5.74, 6) is 1.27. The van der Waals surface area contributed by atoms with E-state index in [0.717, 1.165) is 22.2 Å². The zero-order valence-corrected chi connectivity index (χ0v) is 13.9. The van der Waals surface area contributed by atoms with Crippen molar-refractivity contribution in [3.8, 4) is 11.5 Å². The van der Waals surface area contributed by atoms with E-state index >= 15 is 0 Å². The van der Waals surface area contributed by atoms with E-state index in [0.29, 0.717) is 11.4 Å². The van der Waals surface area contributed by atoms with Crippen LogP contribution in [0.5, 0.6) is 11.5 Å². The number of aromatic nitrogens is 1. The fraction of sp³-hybridized carbons (Fsp3) is 0.211. The second kappa shape index (κ2) is 6.66. The van der Waals surface area contributed by atoms with Crippen molar-refractivity contribution in [2.45, 2.75) is 13.0 Å². The molecule has 5 heteroatoms. The van der Waals surface area contributed by atoms with E-state index in [4.69, 9.17) is 9.47 Å². The first-order valence-corrected chi connectivity index (χ1v) is 7.73. The minimum atomic E-state index is -0.228. The van der Waals surface area contributed by atoms with Crippen LogP contribution < -0.4 is 14.8 Å². The summed E-state index contributed by atoms with van der Waals surface area (Å²) in [6.45, 7) is 1.91. The van der Waals surface area contributed by atoms with Crippen molar-refractivity contribution >= 4 is 16.8 Å². The highest BCUT2D eigenvalue weighted by Crippen LogP contribution is 2.29. The highest BCUT2D eigenvalue weighted by molar-refractivity contribution is 5.98. The molecular weight excluding hydrogens is 304 g/mol. The first-order valence-electron chi connectivity index (χ1n) is 7.73. The number of hydrogen-bond donors (Lipinski definition) is 2. The third-order valence-corrected chi connectivity index (χ3v) is 4.03. The Labute approximate surface area is 140 Å². The normalized spacial score (nSPS) is 12.0. The predicted octanol–water partition coefficient (Wildman–Crippen LogP) is 3.68. The van der Waals surface area contributed by atoms with Crippen LogP contribution in [-0.4, -0.2) is 25.1 Å². The monoisotopic (exact) mass is 324 g/mol. The molecule has 2 N–H and O–H groups in total. The number of hydrogen-bond acceptors (Lipinski definition) is 3. The number of H-pyrrole nitrogens is 1. The van der Waals surface area contributed by atoms with Gasteiger partial charge in [-0.1, -0.05) is 18.2 Å². The van der Waals surface area contributed by atoms with Gasteiger partial charge in [-0.2, -0.15) is 0 Å². The summed E-state index contributed by atoms with van der Waals surface area (Å²) in [4.78, 5) is 15.7. The van der Waals surface area contributed by atoms with Crippen molar-refractivity contribution in [2.24, 2.45) is 0 Å². The van der Waals surface area contributed by atoms with Crippen molar-refractivity contribution in [2.75, 3.05) is 14.2 Å². The van der Waals surface area contributed by atoms with E-state index in [2.05, 4.69) is 10.3 Å². The van der Waals surface area contributed by atoms with Gasteiger partial charge in [0.15, 0.2) is 0 Å². The van der Waals surface area contributed by atoms with Gasteiger partial charge in [-0.05, 0) is 37.3 Å². The molecule has 0 saturated heterocycles. The number of rotatable bonds is 5. The van der Waals surface area contributed by atoms with Crippen molar-refractivity contribution < 1.29 is 14.3 Å². The predicted molar refractivity (Wildman–Crippen MR) is 93.7 cm³/mol. The molecule has 1 heterocycles. The van der Waals surface area contributed by atoms with Crippen molar-refractivity contribution in [3.63, 3.8) is 0 Å². The second-order valence-corrected chi connectivity index (χ2v) is 5.57. The van der Waals surface area contributed by atoms with E-state index in [9.17, 15) is 4.79 Å². The summed E-state index contributed by atoms with van der Waals surface area (Å²) in [5, 5.41) is 4.00. The quantitative estimate of drug-likeness (QED) is 0.752. The number of nitrogens with one attached hydrogen (secondary N) is 2. The largest absolute Gasteiger partial charge is 0.497 e. The van der Waals surface area contributed by atoms with Gasteiger partial charge in [-0.25, -0.2) is 0 Å². The lowest BCUT2D eigenvalue weighted by molar-refractivity contribution is 0.0935. The molecule has 3 aromatic rings. The average molecular weight is 324 g/mol. The van der Waals surface area contributed by atoms with Crippen LogP contribution in [0.2, 0.25) is 0 Å². The highest BCUT2D eigenvalue weighted by atomic mass is 16.5. The molecule has 1 atom stereocenters. The highest BCUT2D eigenvalue weighted by Gasteiger charge is 2.17. The fourth-order valence-electron chi connectivity index (χ4n) is 2.73. The lowest BCUT2D eigenvalue weighted by Gasteiger charge is -2.18. The van der Waals surface area contributed by atoms with E-state index in [1.807, 2.05) is 55.5 Å². The average Bonchev–Trinajstić information content (AvgIpc) is 3.05. The van der Waals surface area contributed by atoms with Gasteiger partial charge in [0.1, 0.15) is 17.2 Å². The van der Waals surface area contributed by atoms with Gasteiger partial charge in [0.05, 0.1) is 20.3 Å². The van der Waals surface area contributed by atoms with E-state index in [1.54, 1.807) is 14.2 Å². The molecule has 0 spiro atoms. The Balaban J connectivity index is 1.83. The number of amides is 1. The number of carbonyl (C=O) groups excluding carboxylic acids is 1. The smallest absolute Gasteiger partial charge is 0.268 e. The number of para-hydroxylation sites is 1. The molecule has 5 nitrogen and oxygen atoms in total. The third-order valence-electron chi connectivity index (χ3n) is 4.03. The van der Waals surface area contributed by atoms with Crippen LogP contribution >= 0.6 is 0 Å². The van der Waals surface area contributed by atoms with Crippen molar-refractivity contribution in [3.05, 3.63) is 59.8 Å². The number of methoxy groups -OCH3 is 2. The molecule has 24 heavy (non-hydrogen) atoms. The summed E-state index contributed by atoms with van der Waals surface area (Å²) in [7, 11) is 3.22. The zero-order valence-electron chi connectivity index (χ0n) is 13.9. The van der Waals surface area contributed by atoms with Gasteiger partial charge in [-0.3, -0.25) is 4.79 Å². The molecule has 0 aliphatic carbocycles. The van der Waals surface area contributed by atoms with Gasteiger partial charge < -0.3 is 19.8 Å². The lowest BCUT2D eigenvalue weighted by atomic mass is 10.1. The van der Waals surface area contributed by atoms with Gasteiger partial charge >= 0.3 is 0 Å². The van der Waals surface area contributed by atoms with Gasteiger partial charge in [0.2, 0.25) is 0 Å². The van der Waals surface area contributed by atoms with Crippen molar-refractivity contribution in [1.82, 2.24) is 10.3 Å². The van der Waals surface area contributed by atoms with E-state index in [1.165, 1.54) is 0 Å². The Morgan fingerprint density at radius 3 is 2.58 bits per heavy atom. The summed E-state index contributed by atoms with van der Waals surface area (Å²) in [6, 6.07) is 14.9. The molecule has 0 aliphatic rings. The molecule has 0 radical (unpaired) electrons. The molecular formula is C19H20N2O3. The number of fused-ring (bicyclic) bond motifs is 1. The van der Waals surface area contributed by atoms with Crippen molar-refractivity contribution in [1.29, 1.82) is 0 Å². The first kappa shape index (κ1) is 15.9. The SMILES string of the molecule is COc1ccc(OC)c([C@@H](C)NC(=O)c2cc3ccccc3[nH]2)c1. The molecule has 2 aromatic carbocycles. The molecule has 0 bridgehead atoms. The molecule has 3 rings (SSSR count). The Morgan fingerprint density at radius 2 is 1.88 bits per heavy atom. The molecule has 1 aromatic heterocycles. The van der Waals surface area contributed by atoms with E-state index in [-0.39, 0.29) is 11.9 Å². The second-order valence-electron chi connectivity index (χ2n) is 5.57. The molecule has 0 fully saturated rings. The maximum Gasteiger partial charge on any atom is 0.268 e. The summed E-state index contributed by atoms with van der Waals surface area (Å²) < 4.78 is 10.6. The molecule has 0 saturated carbocycles. The number of ether oxygens (including phenoxy) is 2. The van der Waals surface area contributed by atoms with Crippen LogP contribution in [0.15, 0.2) is 48.5 Å². The summed E-state index contributed by atoms with van der Waals surface area (Å²) in [6.07, 6.45) is 0. The van der Waals surface area contributed by atoms with Crippen LogP contribution in [0.4, 0.5) is 0 Å². The third kappa shape index (κ3) is 3.06. The molecule has 1 amide bonds. The zero-order chi connectivity index (χ0) is 17.1.